The highest BCUT2D eigenvalue weighted by atomic mass is 16.6. The van der Waals surface area contributed by atoms with Gasteiger partial charge >= 0.3 is 0 Å². The zero-order valence-electron chi connectivity index (χ0n) is 14.5. The highest BCUT2D eigenvalue weighted by Gasteiger charge is 2.15. The molecule has 0 N–H and O–H groups in total. The van der Waals surface area contributed by atoms with Crippen LogP contribution in [0.3, 0.4) is 0 Å². The zero-order chi connectivity index (χ0) is 17.2. The third-order valence-electron chi connectivity index (χ3n) is 4.24. The monoisotopic (exact) mass is 339 g/mol. The Kier molecular flexibility index (Phi) is 4.13. The van der Waals surface area contributed by atoms with Crippen molar-refractivity contribution in [3.63, 3.8) is 0 Å². The van der Waals surface area contributed by atoms with Gasteiger partial charge in [-0.2, -0.15) is 5.10 Å². The first-order valence-electron chi connectivity index (χ1n) is 8.57. The zero-order valence-corrected chi connectivity index (χ0v) is 14.5. The Balaban J connectivity index is 1.60. The molecule has 0 unspecified atom stereocenters. The van der Waals surface area contributed by atoms with Gasteiger partial charge in [0.05, 0.1) is 5.69 Å². The van der Waals surface area contributed by atoms with Crippen LogP contribution in [0, 0.1) is 6.92 Å². The summed E-state index contributed by atoms with van der Waals surface area (Å²) in [5.74, 6) is 4.29. The lowest BCUT2D eigenvalue weighted by atomic mass is 10.2. The molecule has 0 bridgehead atoms. The molecule has 7 nitrogen and oxygen atoms in total. The molecule has 0 fully saturated rings. The second-order valence-electron chi connectivity index (χ2n) is 5.96. The summed E-state index contributed by atoms with van der Waals surface area (Å²) in [6.45, 7) is 6.00. The SMILES string of the molecule is CCc1nccn1CCc1nc(C)nn1-c1ccc2c(c1)OCCO2. The number of hydrogen-bond acceptors (Lipinski definition) is 5. The summed E-state index contributed by atoms with van der Waals surface area (Å²) in [5.41, 5.74) is 0.932. The smallest absolute Gasteiger partial charge is 0.163 e. The Labute approximate surface area is 146 Å². The lowest BCUT2D eigenvalue weighted by molar-refractivity contribution is 0.171. The lowest BCUT2D eigenvalue weighted by Gasteiger charge is -2.19. The van der Waals surface area contributed by atoms with Crippen LogP contribution >= 0.6 is 0 Å². The first kappa shape index (κ1) is 15.7. The van der Waals surface area contributed by atoms with Crippen LogP contribution in [-0.2, 0) is 19.4 Å². The molecule has 0 aliphatic carbocycles. The number of benzene rings is 1. The van der Waals surface area contributed by atoms with Gasteiger partial charge in [0.2, 0.25) is 0 Å². The van der Waals surface area contributed by atoms with Crippen molar-refractivity contribution in [3.8, 4) is 17.2 Å². The highest BCUT2D eigenvalue weighted by Crippen LogP contribution is 2.32. The van der Waals surface area contributed by atoms with Gasteiger partial charge in [-0.25, -0.2) is 14.6 Å². The lowest BCUT2D eigenvalue weighted by Crippen LogP contribution is -2.16. The summed E-state index contributed by atoms with van der Waals surface area (Å²) in [4.78, 5) is 8.97. The fourth-order valence-corrected chi connectivity index (χ4v) is 3.07. The van der Waals surface area contributed by atoms with E-state index in [2.05, 4.69) is 26.6 Å². The molecule has 0 amide bonds. The maximum Gasteiger partial charge on any atom is 0.163 e. The molecule has 25 heavy (non-hydrogen) atoms. The van der Waals surface area contributed by atoms with Gasteiger partial charge in [0, 0.05) is 37.8 Å². The average molecular weight is 339 g/mol. The number of fused-ring (bicyclic) bond motifs is 1. The van der Waals surface area contributed by atoms with E-state index in [1.807, 2.05) is 42.2 Å². The van der Waals surface area contributed by atoms with E-state index in [9.17, 15) is 0 Å². The molecular formula is C18H21N5O2. The van der Waals surface area contributed by atoms with Crippen LogP contribution in [0.25, 0.3) is 5.69 Å². The molecule has 2 aromatic heterocycles. The minimum atomic E-state index is 0.570. The van der Waals surface area contributed by atoms with Gasteiger partial charge in [0.1, 0.15) is 30.7 Å². The van der Waals surface area contributed by atoms with E-state index in [0.717, 1.165) is 54.0 Å². The third kappa shape index (κ3) is 3.09. The fraction of sp³-hybridized carbons (Fsp3) is 0.389. The number of ether oxygens (including phenoxy) is 2. The van der Waals surface area contributed by atoms with Gasteiger partial charge in [-0.1, -0.05) is 6.92 Å². The van der Waals surface area contributed by atoms with Crippen molar-refractivity contribution in [3.05, 3.63) is 48.1 Å². The van der Waals surface area contributed by atoms with Gasteiger partial charge in [0.15, 0.2) is 11.5 Å². The molecular weight excluding hydrogens is 318 g/mol. The average Bonchev–Trinajstić information content (AvgIpc) is 3.25. The Morgan fingerprint density at radius 2 is 1.96 bits per heavy atom. The van der Waals surface area contributed by atoms with Gasteiger partial charge in [-0.05, 0) is 19.1 Å². The van der Waals surface area contributed by atoms with Crippen molar-refractivity contribution in [1.82, 2.24) is 24.3 Å². The fourth-order valence-electron chi connectivity index (χ4n) is 3.07. The summed E-state index contributed by atoms with van der Waals surface area (Å²) in [7, 11) is 0. The Morgan fingerprint density at radius 3 is 2.80 bits per heavy atom. The van der Waals surface area contributed by atoms with Crippen molar-refractivity contribution in [2.75, 3.05) is 13.2 Å². The molecule has 3 heterocycles. The predicted octanol–water partition coefficient (Wildman–Crippen LogP) is 2.35. The molecule has 1 aliphatic rings. The predicted molar refractivity (Wildman–Crippen MR) is 92.4 cm³/mol. The molecule has 0 atom stereocenters. The molecule has 1 aromatic carbocycles. The summed E-state index contributed by atoms with van der Waals surface area (Å²) < 4.78 is 15.3. The van der Waals surface area contributed by atoms with Crippen molar-refractivity contribution in [2.24, 2.45) is 0 Å². The normalized spacial score (nSPS) is 13.2. The van der Waals surface area contributed by atoms with Gasteiger partial charge in [-0.3, -0.25) is 0 Å². The van der Waals surface area contributed by atoms with Crippen LogP contribution in [0.5, 0.6) is 11.5 Å². The largest absolute Gasteiger partial charge is 0.486 e. The number of aromatic nitrogens is 5. The number of nitrogens with zero attached hydrogens (tertiary/aromatic N) is 5. The van der Waals surface area contributed by atoms with Gasteiger partial charge < -0.3 is 14.0 Å². The topological polar surface area (TPSA) is 67.0 Å². The van der Waals surface area contributed by atoms with Crippen LogP contribution in [0.1, 0.15) is 24.4 Å². The van der Waals surface area contributed by atoms with Gasteiger partial charge in [0.25, 0.3) is 0 Å². The molecule has 0 radical (unpaired) electrons. The summed E-state index contributed by atoms with van der Waals surface area (Å²) in [5, 5.41) is 4.56. The number of aryl methyl sites for hydroxylation is 4. The van der Waals surface area contributed by atoms with Crippen LogP contribution in [-0.4, -0.2) is 37.5 Å². The minimum absolute atomic E-state index is 0.570. The maximum absolute atomic E-state index is 5.68. The molecule has 0 saturated heterocycles. The molecule has 0 spiro atoms. The Morgan fingerprint density at radius 1 is 1.12 bits per heavy atom. The maximum atomic E-state index is 5.68. The summed E-state index contributed by atoms with van der Waals surface area (Å²) in [6, 6.07) is 5.87. The van der Waals surface area contributed by atoms with Crippen molar-refractivity contribution < 1.29 is 9.47 Å². The van der Waals surface area contributed by atoms with Crippen LogP contribution in [0.2, 0.25) is 0 Å². The molecule has 4 rings (SSSR count). The molecule has 7 heteroatoms. The highest BCUT2D eigenvalue weighted by molar-refractivity contribution is 5.49. The number of imidazole rings is 1. The quantitative estimate of drug-likeness (QED) is 0.714. The Hall–Kier alpha value is -2.83. The number of hydrogen-bond donors (Lipinski definition) is 0. The molecule has 0 saturated carbocycles. The Bertz CT molecular complexity index is 883. The van der Waals surface area contributed by atoms with E-state index in [1.165, 1.54) is 0 Å². The van der Waals surface area contributed by atoms with Crippen molar-refractivity contribution in [1.29, 1.82) is 0 Å². The summed E-state index contributed by atoms with van der Waals surface area (Å²) in [6.07, 6.45) is 5.55. The van der Waals surface area contributed by atoms with Crippen LogP contribution in [0.15, 0.2) is 30.6 Å². The van der Waals surface area contributed by atoms with Crippen LogP contribution in [0.4, 0.5) is 0 Å². The third-order valence-corrected chi connectivity index (χ3v) is 4.24. The molecule has 1 aliphatic heterocycles. The molecule has 130 valence electrons. The first-order valence-corrected chi connectivity index (χ1v) is 8.57. The van der Waals surface area contributed by atoms with Crippen LogP contribution < -0.4 is 9.47 Å². The van der Waals surface area contributed by atoms with E-state index >= 15 is 0 Å². The second-order valence-corrected chi connectivity index (χ2v) is 5.96. The van der Waals surface area contributed by atoms with Crippen molar-refractivity contribution in [2.45, 2.75) is 33.2 Å². The standard InChI is InChI=1S/C18H21N5O2/c1-3-17-19-7-9-22(17)8-6-18-20-13(2)21-23(18)14-4-5-15-16(12-14)25-11-10-24-15/h4-5,7,9,12H,3,6,8,10-11H2,1-2H3. The van der Waals surface area contributed by atoms with Gasteiger partial charge in [-0.15, -0.1) is 0 Å². The summed E-state index contributed by atoms with van der Waals surface area (Å²) >= 11 is 0. The van der Waals surface area contributed by atoms with Crippen molar-refractivity contribution >= 4 is 0 Å². The van der Waals surface area contributed by atoms with E-state index < -0.39 is 0 Å². The second kappa shape index (κ2) is 6.58. The van der Waals surface area contributed by atoms with E-state index in [4.69, 9.17) is 9.47 Å². The minimum Gasteiger partial charge on any atom is -0.486 e. The number of rotatable bonds is 5. The van der Waals surface area contributed by atoms with E-state index in [-0.39, 0.29) is 0 Å². The molecule has 3 aromatic rings. The van der Waals surface area contributed by atoms with E-state index in [0.29, 0.717) is 13.2 Å². The first-order chi connectivity index (χ1) is 12.2. The van der Waals surface area contributed by atoms with E-state index in [1.54, 1.807) is 0 Å².